The maximum Gasteiger partial charge on any atom is 0.168 e. The van der Waals surface area contributed by atoms with Gasteiger partial charge in [0, 0.05) is 122 Å². The van der Waals surface area contributed by atoms with E-state index in [4.69, 9.17) is 44.1 Å². The topological polar surface area (TPSA) is 175 Å². The number of imidazole rings is 1. The molecule has 6 saturated carbocycles. The molecule has 0 aliphatic heterocycles. The number of nitrogens with one attached hydrogen (secondary N) is 1. The molecule has 514 valence electrons. The molecule has 6 aliphatic carbocycles. The van der Waals surface area contributed by atoms with Crippen molar-refractivity contribution in [3.63, 3.8) is 0 Å². The Kier molecular flexibility index (Phi) is 21.5. The highest BCUT2D eigenvalue weighted by Crippen LogP contribution is 2.56. The first kappa shape index (κ1) is 69.6. The molecule has 95 heavy (non-hydrogen) atoms. The standard InChI is InChI=1S/C39H59N7O2Si2.C35H53N5O3Si2/c1-26-27(2)43-37(42-26)34-14-13-31(22-40-34)33-23-41-46-38(33)44-36(32-20-28-9-10-29(19-28)21-32)35(30-11-12-30)39(46)45(24-47-15-17-49(3,4)5)25-48-16-18-50(6,7)8;1-44(2,3)15-13-42-23-39(24-43-14-16-45(4,5)6)35-32(27-9-10-27)33(29-18-25-7-8-26(17-25)19-29)38-34-31(21-37-40(34)35)28-11-12-30(22-41)36-20-28/h13-14,22-23,28-30,32H,9-12,15-21,24-25H2,1-8H3,(H,42,43);11-12,20-22,25-27,29H,7-10,13-19,23-24H2,1-6H3/t28-,29?,32?;25-,26?,29?/m00/s1. The third kappa shape index (κ3) is 17.6. The number of hydrogen-bond acceptors (Lipinski definition) is 14. The van der Waals surface area contributed by atoms with Gasteiger partial charge in [0.15, 0.2) is 23.4 Å². The van der Waals surface area contributed by atoms with Crippen LogP contribution in [0.1, 0.15) is 158 Å². The van der Waals surface area contributed by atoms with Crippen molar-refractivity contribution in [2.75, 3.05) is 63.2 Å². The Hall–Kier alpha value is -5.27. The van der Waals surface area contributed by atoms with Crippen LogP contribution in [-0.4, -0.2) is 141 Å². The number of nitrogens with zero attached hydrogens (tertiary/aromatic N) is 11. The largest absolute Gasteiger partial charge is 0.361 e. The lowest BCUT2D eigenvalue weighted by Gasteiger charge is -2.33. The summed E-state index contributed by atoms with van der Waals surface area (Å²) in [6.07, 6.45) is 26.5. The van der Waals surface area contributed by atoms with Gasteiger partial charge < -0.3 is 33.7 Å². The van der Waals surface area contributed by atoms with Crippen molar-refractivity contribution in [3.8, 4) is 33.8 Å². The van der Waals surface area contributed by atoms with Gasteiger partial charge in [-0.2, -0.15) is 19.2 Å². The van der Waals surface area contributed by atoms with Gasteiger partial charge in [0.05, 0.1) is 29.5 Å². The van der Waals surface area contributed by atoms with E-state index in [0.717, 1.165) is 149 Å². The maximum atomic E-state index is 11.3. The van der Waals surface area contributed by atoms with Gasteiger partial charge in [-0.05, 0) is 150 Å². The summed E-state index contributed by atoms with van der Waals surface area (Å²) < 4.78 is 30.1. The molecular weight excluding hydrogens is 1250 g/mol. The molecule has 0 aromatic carbocycles. The number of aromatic nitrogens is 10. The molecule has 6 atom stereocenters. The van der Waals surface area contributed by atoms with Crippen LogP contribution in [-0.2, 0) is 18.9 Å². The third-order valence-corrected chi connectivity index (χ3v) is 27.9. The van der Waals surface area contributed by atoms with Gasteiger partial charge in [-0.15, -0.1) is 0 Å². The zero-order valence-corrected chi connectivity index (χ0v) is 64.2. The molecular formula is C74H112N12O5Si4. The molecule has 13 rings (SSSR count). The van der Waals surface area contributed by atoms with Crippen LogP contribution in [0, 0.1) is 37.5 Å². The number of ether oxygens (including phenoxy) is 4. The SMILES string of the molecule is C[Si](C)(C)CCOCN(COCC[Si](C)(C)C)c1c(C2CC2)c(C2CC3CC[C@@H](C3)C2)nc2c(-c3ccc(C=O)nc3)cnn12.Cc1nc(-c2ccc(-c3cnn4c(N(COCC[Si](C)(C)C)COCC[Si](C)(C)C)c(C5CC5)c(C5CC6CC[C@@H](C6)C5)nc34)cn2)[nH]c1C. The molecule has 17 nitrogen and oxygen atoms in total. The van der Waals surface area contributed by atoms with Crippen molar-refractivity contribution in [2.45, 2.75) is 230 Å². The van der Waals surface area contributed by atoms with E-state index in [1.807, 2.05) is 38.5 Å². The van der Waals surface area contributed by atoms with Crippen LogP contribution in [0.15, 0.2) is 49.1 Å². The van der Waals surface area contributed by atoms with Gasteiger partial charge in [0.2, 0.25) is 0 Å². The van der Waals surface area contributed by atoms with Gasteiger partial charge in [-0.3, -0.25) is 14.8 Å². The molecule has 1 N–H and O–H groups in total. The monoisotopic (exact) mass is 1360 g/mol. The Morgan fingerprint density at radius 2 is 0.874 bits per heavy atom. The highest BCUT2D eigenvalue weighted by Gasteiger charge is 2.43. The fourth-order valence-corrected chi connectivity index (χ4v) is 18.2. The zero-order chi connectivity index (χ0) is 67.0. The lowest BCUT2D eigenvalue weighted by Crippen LogP contribution is -2.34. The number of anilines is 2. The number of aldehydes is 1. The fourth-order valence-electron chi connectivity index (χ4n) is 15.2. The first-order valence-electron chi connectivity index (χ1n) is 36.4. The molecule has 0 radical (unpaired) electrons. The number of carbonyl (C=O) groups is 1. The van der Waals surface area contributed by atoms with E-state index in [1.54, 1.807) is 12.3 Å². The summed E-state index contributed by atoms with van der Waals surface area (Å²) in [7, 11) is -4.92. The minimum absolute atomic E-state index is 0.426. The molecule has 6 fully saturated rings. The second-order valence-corrected chi connectivity index (χ2v) is 56.8. The predicted octanol–water partition coefficient (Wildman–Crippen LogP) is 17.6. The van der Waals surface area contributed by atoms with E-state index in [9.17, 15) is 4.79 Å². The van der Waals surface area contributed by atoms with Gasteiger partial charge >= 0.3 is 0 Å². The molecule has 7 aromatic heterocycles. The minimum Gasteiger partial charge on any atom is -0.361 e. The third-order valence-electron chi connectivity index (χ3n) is 21.1. The van der Waals surface area contributed by atoms with Crippen LogP contribution < -0.4 is 9.80 Å². The summed E-state index contributed by atoms with van der Waals surface area (Å²) in [5, 5.41) is 10.1. The highest BCUT2D eigenvalue weighted by atomic mass is 28.3. The maximum absolute atomic E-state index is 11.3. The van der Waals surface area contributed by atoms with E-state index < -0.39 is 32.3 Å². The van der Waals surface area contributed by atoms with E-state index in [0.29, 0.717) is 56.3 Å². The van der Waals surface area contributed by atoms with E-state index >= 15 is 0 Å². The number of hydrogen-bond donors (Lipinski definition) is 1. The molecule has 6 aliphatic rings. The molecule has 0 spiro atoms. The van der Waals surface area contributed by atoms with Crippen molar-refractivity contribution in [1.29, 1.82) is 0 Å². The summed E-state index contributed by atoms with van der Waals surface area (Å²) in [5.41, 5.74) is 14.4. The van der Waals surface area contributed by atoms with Crippen molar-refractivity contribution in [2.24, 2.45) is 23.7 Å². The first-order valence-corrected chi connectivity index (χ1v) is 51.2. The van der Waals surface area contributed by atoms with Crippen LogP contribution >= 0.6 is 0 Å². The lowest BCUT2D eigenvalue weighted by molar-refractivity contribution is 0.0938. The van der Waals surface area contributed by atoms with Crippen molar-refractivity contribution >= 4 is 61.5 Å². The second-order valence-electron chi connectivity index (χ2n) is 34.3. The predicted molar refractivity (Wildman–Crippen MR) is 395 cm³/mol. The van der Waals surface area contributed by atoms with Gasteiger partial charge in [-0.1, -0.05) is 116 Å². The Bertz CT molecular complexity index is 3660. The number of aryl methyl sites for hydroxylation is 2. The second kappa shape index (κ2) is 29.3. The Labute approximate surface area is 570 Å². The van der Waals surface area contributed by atoms with Gasteiger partial charge in [0.1, 0.15) is 49.9 Å². The Balaban J connectivity index is 0.000000183. The molecule has 0 amide bonds. The van der Waals surface area contributed by atoms with Crippen LogP contribution in [0.3, 0.4) is 0 Å². The highest BCUT2D eigenvalue weighted by molar-refractivity contribution is 6.77. The number of aromatic amines is 1. The summed E-state index contributed by atoms with van der Waals surface area (Å²) in [5.74, 6) is 8.28. The molecule has 4 bridgehead atoms. The number of pyridine rings is 2. The first-order chi connectivity index (χ1) is 45.3. The van der Waals surface area contributed by atoms with E-state index in [2.05, 4.69) is 124 Å². The average molecular weight is 1360 g/mol. The van der Waals surface area contributed by atoms with Crippen LogP contribution in [0.4, 0.5) is 11.6 Å². The quantitative estimate of drug-likeness (QED) is 0.0195. The van der Waals surface area contributed by atoms with Crippen molar-refractivity contribution in [1.82, 2.24) is 49.1 Å². The normalized spacial score (nSPS) is 21.4. The van der Waals surface area contributed by atoms with Gasteiger partial charge in [0.25, 0.3) is 0 Å². The Morgan fingerprint density at radius 1 is 0.484 bits per heavy atom. The van der Waals surface area contributed by atoms with Crippen molar-refractivity contribution < 1.29 is 23.7 Å². The lowest BCUT2D eigenvalue weighted by atomic mass is 9.78. The van der Waals surface area contributed by atoms with Gasteiger partial charge in [-0.25, -0.2) is 15.0 Å². The summed E-state index contributed by atoms with van der Waals surface area (Å²) in [4.78, 5) is 44.5. The number of rotatable bonds is 30. The van der Waals surface area contributed by atoms with Crippen molar-refractivity contribution in [3.05, 3.63) is 88.6 Å². The average Bonchev–Trinajstić information content (AvgIpc) is 1.63. The number of carbonyl (C=O) groups excluding carboxylic acids is 1. The van der Waals surface area contributed by atoms with E-state index in [-0.39, 0.29) is 0 Å². The molecule has 21 heteroatoms. The Morgan fingerprint density at radius 3 is 1.19 bits per heavy atom. The fraction of sp³-hybridized carbons (Fsp3) is 0.649. The van der Waals surface area contributed by atoms with E-state index in [1.165, 1.54) is 112 Å². The smallest absolute Gasteiger partial charge is 0.168 e. The summed E-state index contributed by atoms with van der Waals surface area (Å²) in [6, 6.07) is 12.5. The van der Waals surface area contributed by atoms with Crippen LogP contribution in [0.25, 0.3) is 45.1 Å². The minimum atomic E-state index is -1.23. The summed E-state index contributed by atoms with van der Waals surface area (Å²) in [6.45, 7) is 37.9. The molecule has 4 unspecified atom stereocenters. The van der Waals surface area contributed by atoms with Crippen LogP contribution in [0.2, 0.25) is 103 Å². The molecule has 7 heterocycles. The number of H-pyrrole nitrogens is 1. The molecule has 7 aromatic rings. The number of fused-ring (bicyclic) bond motifs is 6. The summed E-state index contributed by atoms with van der Waals surface area (Å²) >= 11 is 0. The zero-order valence-electron chi connectivity index (χ0n) is 60.2. The van der Waals surface area contributed by atoms with Crippen LogP contribution in [0.5, 0.6) is 0 Å². The molecule has 0 saturated heterocycles.